The van der Waals surface area contributed by atoms with E-state index in [0.717, 1.165) is 16.7 Å². The van der Waals surface area contributed by atoms with E-state index in [2.05, 4.69) is 4.98 Å². The number of pyridine rings is 1. The van der Waals surface area contributed by atoms with Gasteiger partial charge in [-0.15, -0.1) is 0 Å². The number of likely N-dealkylation sites (tertiary alicyclic amines) is 1. The largest absolute Gasteiger partial charge is 0.507 e. The quantitative estimate of drug-likeness (QED) is 0.328. The summed E-state index contributed by atoms with van der Waals surface area (Å²) in [6, 6.07) is 13.4. The van der Waals surface area contributed by atoms with Crippen LogP contribution in [0.4, 0.5) is 0 Å². The minimum Gasteiger partial charge on any atom is -0.507 e. The first kappa shape index (κ1) is 22.6. The Morgan fingerprint density at radius 2 is 1.88 bits per heavy atom. The lowest BCUT2D eigenvalue weighted by Gasteiger charge is -2.25. The molecule has 1 aromatic heterocycles. The number of carbonyl (C=O) groups excluding carboxylic acids is 2. The van der Waals surface area contributed by atoms with Gasteiger partial charge in [-0.05, 0) is 60.4 Å². The van der Waals surface area contributed by atoms with Crippen molar-refractivity contribution in [3.05, 3.63) is 99.3 Å². The van der Waals surface area contributed by atoms with Crippen LogP contribution in [0.25, 0.3) is 5.76 Å². The summed E-state index contributed by atoms with van der Waals surface area (Å²) in [6.07, 6.45) is 3.28. The molecule has 7 heteroatoms. The summed E-state index contributed by atoms with van der Waals surface area (Å²) in [4.78, 5) is 32.0. The molecule has 3 aromatic rings. The number of hydrogen-bond acceptors (Lipinski definition) is 5. The van der Waals surface area contributed by atoms with Gasteiger partial charge in [-0.3, -0.25) is 14.6 Å². The summed E-state index contributed by atoms with van der Waals surface area (Å²) >= 11 is 6.08. The van der Waals surface area contributed by atoms with Crippen LogP contribution in [0, 0.1) is 13.8 Å². The third-order valence-electron chi connectivity index (χ3n) is 5.68. The number of carbonyl (C=O) groups is 2. The predicted molar refractivity (Wildman–Crippen MR) is 126 cm³/mol. The Kier molecular flexibility index (Phi) is 6.20. The fourth-order valence-electron chi connectivity index (χ4n) is 4.27. The number of rotatable bonds is 5. The second-order valence-corrected chi connectivity index (χ2v) is 8.44. The Hall–Kier alpha value is -3.64. The number of aliphatic hydroxyl groups is 1. The predicted octanol–water partition coefficient (Wildman–Crippen LogP) is 4.98. The Morgan fingerprint density at radius 1 is 1.15 bits per heavy atom. The molecule has 2 heterocycles. The highest BCUT2D eigenvalue weighted by Gasteiger charge is 2.46. The molecular formula is C26H23ClN2O4. The minimum atomic E-state index is -0.798. The second-order valence-electron chi connectivity index (χ2n) is 8.00. The van der Waals surface area contributed by atoms with Crippen molar-refractivity contribution in [3.63, 3.8) is 0 Å². The van der Waals surface area contributed by atoms with Crippen molar-refractivity contribution in [3.8, 4) is 5.75 Å². The molecule has 1 N–H and O–H groups in total. The molecule has 0 bridgehead atoms. The van der Waals surface area contributed by atoms with Gasteiger partial charge in [-0.1, -0.05) is 35.9 Å². The molecule has 0 spiro atoms. The summed E-state index contributed by atoms with van der Waals surface area (Å²) in [5.41, 5.74) is 3.51. The SMILES string of the molecule is COc1c(C)cc(C)cc1/C(O)=C1\C(=O)C(=O)N(Cc2cccnc2)C1c1ccc(Cl)cc1. The van der Waals surface area contributed by atoms with Crippen LogP contribution in [0.15, 0.2) is 66.5 Å². The number of aryl methyl sites for hydroxylation is 2. The van der Waals surface area contributed by atoms with Crippen molar-refractivity contribution < 1.29 is 19.4 Å². The van der Waals surface area contributed by atoms with Crippen LogP contribution < -0.4 is 4.74 Å². The fraction of sp³-hybridized carbons (Fsp3) is 0.192. The number of ketones is 1. The summed E-state index contributed by atoms with van der Waals surface area (Å²) in [6.45, 7) is 3.91. The van der Waals surface area contributed by atoms with Crippen molar-refractivity contribution in [2.75, 3.05) is 7.11 Å². The lowest BCUT2D eigenvalue weighted by atomic mass is 9.93. The van der Waals surface area contributed by atoms with E-state index in [-0.39, 0.29) is 17.9 Å². The number of aromatic nitrogens is 1. The van der Waals surface area contributed by atoms with Gasteiger partial charge < -0.3 is 14.7 Å². The van der Waals surface area contributed by atoms with Gasteiger partial charge in [-0.2, -0.15) is 0 Å². The van der Waals surface area contributed by atoms with Crippen molar-refractivity contribution in [2.24, 2.45) is 0 Å². The molecule has 1 fully saturated rings. The number of hydrogen-bond donors (Lipinski definition) is 1. The maximum absolute atomic E-state index is 13.2. The smallest absolute Gasteiger partial charge is 0.295 e. The molecule has 1 aliphatic heterocycles. The van der Waals surface area contributed by atoms with Gasteiger partial charge in [-0.25, -0.2) is 0 Å². The van der Waals surface area contributed by atoms with E-state index in [1.54, 1.807) is 48.8 Å². The zero-order chi connectivity index (χ0) is 23.7. The van der Waals surface area contributed by atoms with Crippen LogP contribution in [0.3, 0.4) is 0 Å². The van der Waals surface area contributed by atoms with Crippen LogP contribution in [-0.2, 0) is 16.1 Å². The normalized spacial score (nSPS) is 17.5. The summed E-state index contributed by atoms with van der Waals surface area (Å²) in [5, 5.41) is 11.9. The standard InChI is InChI=1S/C26H23ClN2O4/c1-15-11-16(2)25(33-3)20(12-15)23(30)21-22(18-6-8-19(27)9-7-18)29(26(32)24(21)31)14-17-5-4-10-28-13-17/h4-13,22,30H,14H2,1-3H3/b23-21+. The van der Waals surface area contributed by atoms with Crippen LogP contribution in [0.2, 0.25) is 5.02 Å². The highest BCUT2D eigenvalue weighted by atomic mass is 35.5. The highest BCUT2D eigenvalue weighted by molar-refractivity contribution is 6.46. The van der Waals surface area contributed by atoms with Gasteiger partial charge in [0.1, 0.15) is 11.5 Å². The number of benzene rings is 2. The first-order chi connectivity index (χ1) is 15.8. The first-order valence-electron chi connectivity index (χ1n) is 10.4. The van der Waals surface area contributed by atoms with Crippen molar-refractivity contribution in [2.45, 2.75) is 26.4 Å². The number of Topliss-reactive ketones (excluding diaryl/α,β-unsaturated/α-hetero) is 1. The highest BCUT2D eigenvalue weighted by Crippen LogP contribution is 2.42. The summed E-state index contributed by atoms with van der Waals surface area (Å²) < 4.78 is 5.52. The third-order valence-corrected chi connectivity index (χ3v) is 5.93. The van der Waals surface area contributed by atoms with Gasteiger partial charge in [0.2, 0.25) is 0 Å². The monoisotopic (exact) mass is 462 g/mol. The van der Waals surface area contributed by atoms with E-state index in [1.165, 1.54) is 12.0 Å². The summed E-state index contributed by atoms with van der Waals surface area (Å²) in [5.74, 6) is -1.27. The minimum absolute atomic E-state index is 0.00881. The van der Waals surface area contributed by atoms with Gasteiger partial charge >= 0.3 is 0 Å². The number of ether oxygens (including phenoxy) is 1. The second kappa shape index (κ2) is 9.08. The average molecular weight is 463 g/mol. The Morgan fingerprint density at radius 3 is 2.52 bits per heavy atom. The molecule has 168 valence electrons. The molecule has 2 aromatic carbocycles. The van der Waals surface area contributed by atoms with E-state index in [9.17, 15) is 14.7 Å². The van der Waals surface area contributed by atoms with Crippen molar-refractivity contribution in [1.29, 1.82) is 0 Å². The Labute approximate surface area is 197 Å². The van der Waals surface area contributed by atoms with Crippen LogP contribution in [-0.4, -0.2) is 33.8 Å². The molecule has 0 radical (unpaired) electrons. The number of aliphatic hydroxyl groups excluding tert-OH is 1. The van der Waals surface area contributed by atoms with Crippen LogP contribution in [0.1, 0.15) is 33.9 Å². The maximum Gasteiger partial charge on any atom is 0.295 e. The topological polar surface area (TPSA) is 79.7 Å². The fourth-order valence-corrected chi connectivity index (χ4v) is 4.40. The first-order valence-corrected chi connectivity index (χ1v) is 10.8. The average Bonchev–Trinajstić information content (AvgIpc) is 3.04. The van der Waals surface area contributed by atoms with E-state index >= 15 is 0 Å². The maximum atomic E-state index is 13.2. The van der Waals surface area contributed by atoms with E-state index < -0.39 is 17.7 Å². The van der Waals surface area contributed by atoms with Gasteiger partial charge in [0, 0.05) is 24.0 Å². The van der Waals surface area contributed by atoms with Crippen molar-refractivity contribution >= 4 is 29.1 Å². The van der Waals surface area contributed by atoms with E-state index in [1.807, 2.05) is 26.0 Å². The molecule has 1 saturated heterocycles. The molecule has 33 heavy (non-hydrogen) atoms. The zero-order valence-corrected chi connectivity index (χ0v) is 19.3. The zero-order valence-electron chi connectivity index (χ0n) is 18.5. The molecule has 0 saturated carbocycles. The molecule has 6 nitrogen and oxygen atoms in total. The van der Waals surface area contributed by atoms with Gasteiger partial charge in [0.25, 0.3) is 11.7 Å². The number of amides is 1. The molecule has 1 aliphatic rings. The molecule has 1 unspecified atom stereocenters. The Balaban J connectivity index is 1.93. The molecule has 1 atom stereocenters. The Bertz CT molecular complexity index is 1250. The van der Waals surface area contributed by atoms with Gasteiger partial charge in [0.15, 0.2) is 0 Å². The van der Waals surface area contributed by atoms with E-state index in [0.29, 0.717) is 21.9 Å². The lowest BCUT2D eigenvalue weighted by molar-refractivity contribution is -0.140. The molecule has 1 amide bonds. The van der Waals surface area contributed by atoms with Crippen LogP contribution in [0.5, 0.6) is 5.75 Å². The van der Waals surface area contributed by atoms with Crippen molar-refractivity contribution in [1.82, 2.24) is 9.88 Å². The van der Waals surface area contributed by atoms with Crippen LogP contribution >= 0.6 is 11.6 Å². The third kappa shape index (κ3) is 4.22. The van der Waals surface area contributed by atoms with E-state index in [4.69, 9.17) is 16.3 Å². The molecule has 0 aliphatic carbocycles. The number of nitrogens with zero attached hydrogens (tertiary/aromatic N) is 2. The molecule has 4 rings (SSSR count). The number of halogens is 1. The lowest BCUT2D eigenvalue weighted by Crippen LogP contribution is -2.29. The van der Waals surface area contributed by atoms with Gasteiger partial charge in [0.05, 0.1) is 24.3 Å². The summed E-state index contributed by atoms with van der Waals surface area (Å²) in [7, 11) is 1.51. The number of methoxy groups -OCH3 is 1. The molecular weight excluding hydrogens is 440 g/mol.